The van der Waals surface area contributed by atoms with Crippen LogP contribution in [-0.4, -0.2) is 67.4 Å². The van der Waals surface area contributed by atoms with E-state index in [1.807, 2.05) is 6.92 Å². The van der Waals surface area contributed by atoms with Crippen molar-refractivity contribution in [2.24, 2.45) is 0 Å². The lowest BCUT2D eigenvalue weighted by Crippen LogP contribution is -2.44. The number of aliphatic hydroxyl groups is 1. The molecule has 12 nitrogen and oxygen atoms in total. The van der Waals surface area contributed by atoms with Crippen LogP contribution in [-0.2, 0) is 24.3 Å². The predicted molar refractivity (Wildman–Crippen MR) is 152 cm³/mol. The number of thiophene rings is 1. The number of amides is 1. The van der Waals surface area contributed by atoms with Crippen LogP contribution in [0.25, 0.3) is 15.2 Å². The molecule has 0 saturated carbocycles. The number of ether oxygens (including phenoxy) is 1. The van der Waals surface area contributed by atoms with Crippen molar-refractivity contribution in [3.8, 4) is 16.8 Å². The molecule has 14 heteroatoms. The number of likely N-dealkylation sites (N-methyl/N-ethyl adjacent to an activating group) is 1. The third-order valence-electron chi connectivity index (χ3n) is 6.22. The number of carbonyl (C=O) groups excluding carboxylic acids is 1. The fourth-order valence-corrected chi connectivity index (χ4v) is 5.41. The van der Waals surface area contributed by atoms with Crippen molar-refractivity contribution >= 4 is 27.5 Å². The van der Waals surface area contributed by atoms with Crippen LogP contribution in [0.4, 0.5) is 4.39 Å². The molecule has 41 heavy (non-hydrogen) atoms. The lowest BCUT2D eigenvalue weighted by atomic mass is 10.1. The highest BCUT2D eigenvalue weighted by atomic mass is 32.1. The predicted octanol–water partition coefficient (Wildman–Crippen LogP) is 2.27. The largest absolute Gasteiger partial charge is 0.496 e. The molecule has 0 spiro atoms. The second kappa shape index (κ2) is 14.3. The fourth-order valence-electron chi connectivity index (χ4n) is 4.17. The van der Waals surface area contributed by atoms with Gasteiger partial charge >= 0.3 is 5.69 Å². The van der Waals surface area contributed by atoms with E-state index in [0.717, 1.165) is 11.0 Å². The Kier molecular flexibility index (Phi) is 10.9. The van der Waals surface area contributed by atoms with Gasteiger partial charge in [0, 0.05) is 25.7 Å². The molecule has 0 aliphatic heterocycles. The van der Waals surface area contributed by atoms with E-state index in [1.165, 1.54) is 63.3 Å². The summed E-state index contributed by atoms with van der Waals surface area (Å²) in [5.41, 5.74) is 0.0371. The maximum absolute atomic E-state index is 13.9. The molecule has 0 radical (unpaired) electrons. The van der Waals surface area contributed by atoms with Crippen molar-refractivity contribution < 1.29 is 19.0 Å². The van der Waals surface area contributed by atoms with Crippen LogP contribution in [0.2, 0.25) is 0 Å². The quantitative estimate of drug-likeness (QED) is 0.298. The molecule has 0 saturated heterocycles. The first-order chi connectivity index (χ1) is 19.7. The number of methoxy groups -OCH3 is 1. The summed E-state index contributed by atoms with van der Waals surface area (Å²) in [6.07, 6.45) is 4.31. The molecule has 0 aliphatic rings. The normalized spacial score (nSPS) is 10.7. The molecule has 218 valence electrons. The van der Waals surface area contributed by atoms with Gasteiger partial charge < -0.3 is 14.7 Å². The average molecular weight is 586 g/mol. The van der Waals surface area contributed by atoms with Gasteiger partial charge in [0.15, 0.2) is 0 Å². The standard InChI is InChI=1S/C24H27FN6O4S.C3H5NO/c1-5-11-28(3)19(32)14-30-21(33)20-15(2)22(31-26-9-10-27-31)36-23(20)29(24(30)34)12-8-16-13-17(25)6-7-18(16)35-4;4-2-1-3-5/h6-7,9-10,13H,5,8,11-12,14H2,1-4H3;5H,1,3H2. The Morgan fingerprint density at radius 1 is 1.24 bits per heavy atom. The second-order valence-electron chi connectivity index (χ2n) is 9.01. The molecule has 4 aromatic rings. The summed E-state index contributed by atoms with van der Waals surface area (Å²) in [7, 11) is 3.13. The molecule has 0 unspecified atom stereocenters. The van der Waals surface area contributed by atoms with Gasteiger partial charge in [0.1, 0.15) is 27.9 Å². The summed E-state index contributed by atoms with van der Waals surface area (Å²) in [6.45, 7) is 3.96. The summed E-state index contributed by atoms with van der Waals surface area (Å²) in [6, 6.07) is 5.96. The Balaban J connectivity index is 0.000000850. The van der Waals surface area contributed by atoms with Crippen molar-refractivity contribution in [3.05, 3.63) is 68.4 Å². The van der Waals surface area contributed by atoms with Gasteiger partial charge in [-0.1, -0.05) is 18.3 Å². The van der Waals surface area contributed by atoms with Crippen molar-refractivity contribution in [2.75, 3.05) is 27.3 Å². The Morgan fingerprint density at radius 2 is 1.95 bits per heavy atom. The number of carbonyl (C=O) groups is 1. The topological polar surface area (TPSA) is 148 Å². The molecule has 3 heterocycles. The zero-order valence-electron chi connectivity index (χ0n) is 23.3. The van der Waals surface area contributed by atoms with Crippen molar-refractivity contribution in [1.82, 2.24) is 29.0 Å². The van der Waals surface area contributed by atoms with Crippen LogP contribution in [0.5, 0.6) is 5.75 Å². The smallest absolute Gasteiger partial charge is 0.332 e. The first-order valence-electron chi connectivity index (χ1n) is 12.9. The Morgan fingerprint density at radius 3 is 2.54 bits per heavy atom. The molecule has 0 bridgehead atoms. The number of aryl methyl sites for hydroxylation is 3. The van der Waals surface area contributed by atoms with Gasteiger partial charge in [0.05, 0.1) is 44.0 Å². The number of nitrogens with zero attached hydrogens (tertiary/aromatic N) is 7. The lowest BCUT2D eigenvalue weighted by molar-refractivity contribution is -0.130. The first kappa shape index (κ1) is 31.2. The average Bonchev–Trinajstić information content (AvgIpc) is 3.60. The first-order valence-corrected chi connectivity index (χ1v) is 13.7. The van der Waals surface area contributed by atoms with E-state index >= 15 is 0 Å². The highest BCUT2D eigenvalue weighted by Crippen LogP contribution is 2.30. The molecule has 1 amide bonds. The SMILES string of the molecule is CCCN(C)C(=O)Cn1c(=O)c2c(C)c(-n3nccn3)sc2n(CCc2cc(F)ccc2OC)c1=O.N#CCCO. The third kappa shape index (κ3) is 7.05. The lowest BCUT2D eigenvalue weighted by Gasteiger charge is -2.18. The number of aliphatic hydroxyl groups excluding tert-OH is 1. The number of halogens is 1. The molecule has 0 fully saturated rings. The van der Waals surface area contributed by atoms with E-state index in [1.54, 1.807) is 20.0 Å². The van der Waals surface area contributed by atoms with Crippen LogP contribution in [0.15, 0.2) is 40.2 Å². The molecule has 1 N–H and O–H groups in total. The van der Waals surface area contributed by atoms with E-state index in [2.05, 4.69) is 10.2 Å². The number of nitriles is 1. The third-order valence-corrected chi connectivity index (χ3v) is 7.50. The van der Waals surface area contributed by atoms with Gasteiger partial charge in [-0.05, 0) is 43.5 Å². The second-order valence-corrected chi connectivity index (χ2v) is 9.99. The number of hydrogen-bond acceptors (Lipinski definition) is 9. The number of fused-ring (bicyclic) bond motifs is 1. The summed E-state index contributed by atoms with van der Waals surface area (Å²) in [5.74, 6) is -0.262. The van der Waals surface area contributed by atoms with Crippen molar-refractivity contribution in [1.29, 1.82) is 5.26 Å². The Bertz CT molecular complexity index is 1650. The van der Waals surface area contributed by atoms with Crippen molar-refractivity contribution in [3.63, 3.8) is 0 Å². The maximum atomic E-state index is 13.9. The maximum Gasteiger partial charge on any atom is 0.332 e. The molecule has 0 aliphatic carbocycles. The van der Waals surface area contributed by atoms with E-state index in [-0.39, 0.29) is 38.4 Å². The zero-order valence-corrected chi connectivity index (χ0v) is 24.1. The van der Waals surface area contributed by atoms with Crippen LogP contribution < -0.4 is 16.0 Å². The zero-order chi connectivity index (χ0) is 30.1. The minimum Gasteiger partial charge on any atom is -0.496 e. The van der Waals surface area contributed by atoms with Crippen LogP contribution in [0.3, 0.4) is 0 Å². The number of hydrogen-bond donors (Lipinski definition) is 1. The van der Waals surface area contributed by atoms with E-state index < -0.39 is 17.1 Å². The minimum absolute atomic E-state index is 0.0174. The summed E-state index contributed by atoms with van der Waals surface area (Å²) in [4.78, 5) is 43.2. The van der Waals surface area contributed by atoms with Gasteiger partial charge in [-0.3, -0.25) is 18.7 Å². The van der Waals surface area contributed by atoms with Gasteiger partial charge in [0.2, 0.25) is 5.91 Å². The Hall–Kier alpha value is -4.35. The molecule has 1 aromatic carbocycles. The van der Waals surface area contributed by atoms with E-state index in [9.17, 15) is 18.8 Å². The minimum atomic E-state index is -0.609. The van der Waals surface area contributed by atoms with Crippen molar-refractivity contribution in [2.45, 2.75) is 46.2 Å². The highest BCUT2D eigenvalue weighted by molar-refractivity contribution is 7.21. The van der Waals surface area contributed by atoms with Gasteiger partial charge in [-0.2, -0.15) is 15.5 Å². The Labute approximate surface area is 239 Å². The van der Waals surface area contributed by atoms with E-state index in [0.29, 0.717) is 38.6 Å². The monoisotopic (exact) mass is 585 g/mol. The van der Waals surface area contributed by atoms with Crippen LogP contribution >= 0.6 is 11.3 Å². The summed E-state index contributed by atoms with van der Waals surface area (Å²) < 4.78 is 21.7. The fraction of sp³-hybridized carbons (Fsp3) is 0.407. The number of aromatic nitrogens is 5. The number of rotatable bonds is 10. The molecular weight excluding hydrogens is 553 g/mol. The summed E-state index contributed by atoms with van der Waals surface area (Å²) >= 11 is 1.21. The molecular formula is C27H32FN7O5S. The molecule has 3 aromatic heterocycles. The molecule has 0 atom stereocenters. The number of benzene rings is 1. The highest BCUT2D eigenvalue weighted by Gasteiger charge is 2.23. The van der Waals surface area contributed by atoms with Gasteiger partial charge in [-0.15, -0.1) is 4.80 Å². The van der Waals surface area contributed by atoms with Gasteiger partial charge in [0.25, 0.3) is 5.56 Å². The summed E-state index contributed by atoms with van der Waals surface area (Å²) in [5, 5.41) is 24.7. The van der Waals surface area contributed by atoms with Crippen LogP contribution in [0.1, 0.15) is 30.9 Å². The van der Waals surface area contributed by atoms with Gasteiger partial charge in [-0.25, -0.2) is 9.18 Å². The molecule has 4 rings (SSSR count). The van der Waals surface area contributed by atoms with E-state index in [4.69, 9.17) is 15.1 Å². The van der Waals surface area contributed by atoms with Crippen LogP contribution in [0, 0.1) is 24.1 Å².